The van der Waals surface area contributed by atoms with E-state index in [-0.39, 0.29) is 5.91 Å². The molecule has 1 saturated heterocycles. The average molecular weight is 205 g/mol. The predicted molar refractivity (Wildman–Crippen MR) is 54.0 cm³/mol. The van der Waals surface area contributed by atoms with E-state index in [0.29, 0.717) is 18.3 Å². The van der Waals surface area contributed by atoms with Crippen molar-refractivity contribution in [1.82, 2.24) is 10.2 Å². The Kier molecular flexibility index (Phi) is 4.53. The first-order chi connectivity index (χ1) is 6.22. The number of likely N-dealkylation sites (N-methyl/N-ethyl adjacent to an activating group) is 1. The van der Waals surface area contributed by atoms with E-state index in [1.807, 2.05) is 0 Å². The second-order valence-corrected chi connectivity index (χ2v) is 3.99. The first-order valence-electron chi connectivity index (χ1n) is 4.76. The smallest absolute Gasteiger partial charge is 0.220 e. The lowest BCUT2D eigenvalue weighted by molar-refractivity contribution is -0.121. The van der Waals surface area contributed by atoms with Crippen LogP contribution in [0, 0.1) is 0 Å². The van der Waals surface area contributed by atoms with Crippen molar-refractivity contribution in [2.45, 2.75) is 25.3 Å². The summed E-state index contributed by atoms with van der Waals surface area (Å²) in [6.07, 6.45) is 2.41. The Morgan fingerprint density at radius 2 is 2.46 bits per heavy atom. The number of amides is 1. The first kappa shape index (κ1) is 10.8. The number of alkyl halides is 1. The third-order valence-corrected chi connectivity index (χ3v) is 2.56. The highest BCUT2D eigenvalue weighted by atomic mass is 35.5. The highest BCUT2D eigenvalue weighted by molar-refractivity contribution is 6.17. The van der Waals surface area contributed by atoms with Gasteiger partial charge < -0.3 is 10.2 Å². The van der Waals surface area contributed by atoms with E-state index in [9.17, 15) is 4.79 Å². The zero-order chi connectivity index (χ0) is 9.68. The second kappa shape index (κ2) is 5.45. The minimum atomic E-state index is 0.140. The van der Waals surface area contributed by atoms with Crippen LogP contribution in [0.1, 0.15) is 19.3 Å². The van der Waals surface area contributed by atoms with Gasteiger partial charge in [0, 0.05) is 24.9 Å². The van der Waals surface area contributed by atoms with Gasteiger partial charge in [0.2, 0.25) is 5.91 Å². The molecule has 0 saturated carbocycles. The van der Waals surface area contributed by atoms with Crippen LogP contribution in [0.2, 0.25) is 0 Å². The average Bonchev–Trinajstić information content (AvgIpc) is 2.48. The molecule has 1 rings (SSSR count). The molecule has 0 aliphatic carbocycles. The Labute approximate surface area is 84.4 Å². The maximum absolute atomic E-state index is 11.3. The van der Waals surface area contributed by atoms with Crippen molar-refractivity contribution >= 4 is 17.5 Å². The zero-order valence-corrected chi connectivity index (χ0v) is 8.81. The standard InChI is InChI=1S/C9H17ClN2O/c1-12-6-4-8(7-12)11-9(13)3-2-5-10/h8H,2-7H2,1H3,(H,11,13). The molecule has 13 heavy (non-hydrogen) atoms. The topological polar surface area (TPSA) is 32.3 Å². The molecule has 1 N–H and O–H groups in total. The lowest BCUT2D eigenvalue weighted by Gasteiger charge is -2.12. The fraction of sp³-hybridized carbons (Fsp3) is 0.889. The summed E-state index contributed by atoms with van der Waals surface area (Å²) in [5.41, 5.74) is 0. The Bertz CT molecular complexity index is 175. The maximum Gasteiger partial charge on any atom is 0.220 e. The van der Waals surface area contributed by atoms with Crippen molar-refractivity contribution in [1.29, 1.82) is 0 Å². The Morgan fingerprint density at radius 3 is 3.00 bits per heavy atom. The summed E-state index contributed by atoms with van der Waals surface area (Å²) in [6.45, 7) is 2.06. The maximum atomic E-state index is 11.3. The van der Waals surface area contributed by atoms with Gasteiger partial charge in [-0.1, -0.05) is 0 Å². The first-order valence-corrected chi connectivity index (χ1v) is 5.29. The molecule has 0 aromatic heterocycles. The third-order valence-electron chi connectivity index (χ3n) is 2.29. The monoisotopic (exact) mass is 204 g/mol. The van der Waals surface area contributed by atoms with E-state index < -0.39 is 0 Å². The van der Waals surface area contributed by atoms with Gasteiger partial charge in [-0.25, -0.2) is 0 Å². The fourth-order valence-electron chi connectivity index (χ4n) is 1.58. The molecular weight excluding hydrogens is 188 g/mol. The molecule has 1 aliphatic heterocycles. The van der Waals surface area contributed by atoms with Gasteiger partial charge in [-0.05, 0) is 26.4 Å². The Morgan fingerprint density at radius 1 is 1.69 bits per heavy atom. The number of carbonyl (C=O) groups excluding carboxylic acids is 1. The van der Waals surface area contributed by atoms with Crippen LogP contribution in [0.4, 0.5) is 0 Å². The van der Waals surface area contributed by atoms with Crippen LogP contribution in [0.5, 0.6) is 0 Å². The molecule has 0 aromatic rings. The highest BCUT2D eigenvalue weighted by Gasteiger charge is 2.20. The normalized spacial score (nSPS) is 23.4. The number of likely N-dealkylation sites (tertiary alicyclic amines) is 1. The molecule has 3 nitrogen and oxygen atoms in total. The predicted octanol–water partition coefficient (Wildman–Crippen LogP) is 0.826. The van der Waals surface area contributed by atoms with E-state index in [2.05, 4.69) is 17.3 Å². The SMILES string of the molecule is CN1CCC(NC(=O)CCCCl)C1. The van der Waals surface area contributed by atoms with Gasteiger partial charge in [0.05, 0.1) is 0 Å². The van der Waals surface area contributed by atoms with Crippen molar-refractivity contribution in [3.63, 3.8) is 0 Å². The van der Waals surface area contributed by atoms with Gasteiger partial charge in [0.15, 0.2) is 0 Å². The van der Waals surface area contributed by atoms with Crippen molar-refractivity contribution in [3.05, 3.63) is 0 Å². The number of hydrogen-bond acceptors (Lipinski definition) is 2. The van der Waals surface area contributed by atoms with Gasteiger partial charge in [-0.2, -0.15) is 0 Å². The molecule has 1 heterocycles. The number of nitrogens with one attached hydrogen (secondary N) is 1. The third kappa shape index (κ3) is 3.96. The fourth-order valence-corrected chi connectivity index (χ4v) is 1.71. The molecule has 1 amide bonds. The minimum Gasteiger partial charge on any atom is -0.352 e. The van der Waals surface area contributed by atoms with Crippen LogP contribution in [-0.2, 0) is 4.79 Å². The van der Waals surface area contributed by atoms with E-state index in [1.165, 1.54) is 0 Å². The summed E-state index contributed by atoms with van der Waals surface area (Å²) < 4.78 is 0. The van der Waals surface area contributed by atoms with E-state index >= 15 is 0 Å². The molecule has 1 unspecified atom stereocenters. The van der Waals surface area contributed by atoms with Gasteiger partial charge in [0.1, 0.15) is 0 Å². The van der Waals surface area contributed by atoms with Crippen LogP contribution < -0.4 is 5.32 Å². The molecule has 0 spiro atoms. The van der Waals surface area contributed by atoms with Crippen LogP contribution >= 0.6 is 11.6 Å². The molecule has 0 bridgehead atoms. The summed E-state index contributed by atoms with van der Waals surface area (Å²) in [6, 6.07) is 0.354. The number of carbonyl (C=O) groups is 1. The van der Waals surface area contributed by atoms with Gasteiger partial charge in [-0.15, -0.1) is 11.6 Å². The minimum absolute atomic E-state index is 0.140. The van der Waals surface area contributed by atoms with Crippen LogP contribution in [-0.4, -0.2) is 42.9 Å². The number of hydrogen-bond donors (Lipinski definition) is 1. The van der Waals surface area contributed by atoms with Gasteiger partial charge >= 0.3 is 0 Å². The van der Waals surface area contributed by atoms with Crippen molar-refractivity contribution in [2.75, 3.05) is 26.0 Å². The molecule has 0 radical (unpaired) electrons. The van der Waals surface area contributed by atoms with Crippen LogP contribution in [0.25, 0.3) is 0 Å². The van der Waals surface area contributed by atoms with Crippen molar-refractivity contribution in [2.24, 2.45) is 0 Å². The largest absolute Gasteiger partial charge is 0.352 e. The van der Waals surface area contributed by atoms with Gasteiger partial charge in [-0.3, -0.25) is 4.79 Å². The lowest BCUT2D eigenvalue weighted by atomic mass is 10.2. The molecular formula is C9H17ClN2O. The quantitative estimate of drug-likeness (QED) is 0.688. The molecule has 1 fully saturated rings. The summed E-state index contributed by atoms with van der Waals surface area (Å²) in [5, 5.41) is 3.00. The highest BCUT2D eigenvalue weighted by Crippen LogP contribution is 2.06. The molecule has 1 atom stereocenters. The van der Waals surface area contributed by atoms with Gasteiger partial charge in [0.25, 0.3) is 0 Å². The summed E-state index contributed by atoms with van der Waals surface area (Å²) >= 11 is 5.50. The number of halogens is 1. The van der Waals surface area contributed by atoms with E-state index in [0.717, 1.165) is 25.9 Å². The van der Waals surface area contributed by atoms with Crippen molar-refractivity contribution in [3.8, 4) is 0 Å². The van der Waals surface area contributed by atoms with Crippen molar-refractivity contribution < 1.29 is 4.79 Å². The number of nitrogens with zero attached hydrogens (tertiary/aromatic N) is 1. The summed E-state index contributed by atoms with van der Waals surface area (Å²) in [7, 11) is 2.07. The van der Waals surface area contributed by atoms with Crippen LogP contribution in [0.3, 0.4) is 0 Å². The second-order valence-electron chi connectivity index (χ2n) is 3.61. The zero-order valence-electron chi connectivity index (χ0n) is 8.05. The molecule has 4 heteroatoms. The van der Waals surface area contributed by atoms with E-state index in [4.69, 9.17) is 11.6 Å². The molecule has 0 aromatic carbocycles. The number of rotatable bonds is 4. The summed E-state index contributed by atoms with van der Waals surface area (Å²) in [5.74, 6) is 0.707. The van der Waals surface area contributed by atoms with Crippen LogP contribution in [0.15, 0.2) is 0 Å². The Balaban J connectivity index is 2.13. The van der Waals surface area contributed by atoms with E-state index in [1.54, 1.807) is 0 Å². The molecule has 76 valence electrons. The summed E-state index contributed by atoms with van der Waals surface area (Å²) in [4.78, 5) is 13.5. The lowest BCUT2D eigenvalue weighted by Crippen LogP contribution is -2.36. The Hall–Kier alpha value is -0.280. The molecule has 1 aliphatic rings.